The molecule has 1 aromatic rings. The van der Waals surface area contributed by atoms with Crippen molar-refractivity contribution in [2.75, 3.05) is 0 Å². The van der Waals surface area contributed by atoms with Crippen LogP contribution in [0, 0.1) is 5.82 Å². The van der Waals surface area contributed by atoms with Gasteiger partial charge in [-0.3, -0.25) is 4.84 Å². The highest BCUT2D eigenvalue weighted by molar-refractivity contribution is 6.33. The van der Waals surface area contributed by atoms with Crippen LogP contribution in [0.25, 0.3) is 0 Å². The van der Waals surface area contributed by atoms with E-state index in [4.69, 9.17) is 29.1 Å². The lowest BCUT2D eigenvalue weighted by atomic mass is 10.2. The lowest BCUT2D eigenvalue weighted by Gasteiger charge is -2.03. The van der Waals surface area contributed by atoms with Gasteiger partial charge in [0.25, 0.3) is 0 Å². The van der Waals surface area contributed by atoms with E-state index in [1.807, 2.05) is 0 Å². The van der Waals surface area contributed by atoms with Gasteiger partial charge in [-0.15, -0.1) is 0 Å². The largest absolute Gasteiger partial charge is 0.300 e. The zero-order valence-electron chi connectivity index (χ0n) is 5.98. The molecule has 1 rings (SSSR count). The van der Waals surface area contributed by atoms with Crippen LogP contribution < -0.4 is 5.90 Å². The van der Waals surface area contributed by atoms with Crippen molar-refractivity contribution in [3.63, 3.8) is 0 Å². The van der Waals surface area contributed by atoms with Crippen LogP contribution >= 0.6 is 23.2 Å². The van der Waals surface area contributed by atoms with Crippen molar-refractivity contribution in [1.29, 1.82) is 0 Å². The van der Waals surface area contributed by atoms with E-state index < -0.39 is 5.82 Å². The van der Waals surface area contributed by atoms with Crippen molar-refractivity contribution in [3.8, 4) is 0 Å². The molecule has 0 amide bonds. The van der Waals surface area contributed by atoms with Crippen LogP contribution in [0.1, 0.15) is 5.56 Å². The average molecular weight is 210 g/mol. The van der Waals surface area contributed by atoms with Gasteiger partial charge < -0.3 is 0 Å². The molecule has 66 valence electrons. The molecule has 0 aliphatic carbocycles. The first-order valence-corrected chi connectivity index (χ1v) is 3.86. The van der Waals surface area contributed by atoms with E-state index in [1.54, 1.807) is 0 Å². The number of hydrogen-bond acceptors (Lipinski definition) is 2. The molecule has 12 heavy (non-hydrogen) atoms. The number of nitrogens with two attached hydrogens (primary N) is 1. The molecule has 5 heteroatoms. The van der Waals surface area contributed by atoms with Gasteiger partial charge in [0.05, 0.1) is 11.6 Å². The maximum atomic E-state index is 12.7. The zero-order valence-corrected chi connectivity index (χ0v) is 7.49. The smallest absolute Gasteiger partial charge is 0.143 e. The van der Waals surface area contributed by atoms with Crippen molar-refractivity contribution in [1.82, 2.24) is 0 Å². The molecule has 0 heterocycles. The summed E-state index contributed by atoms with van der Waals surface area (Å²) in [5.41, 5.74) is 0.561. The number of halogens is 3. The molecule has 0 saturated heterocycles. The first-order valence-electron chi connectivity index (χ1n) is 3.10. The molecule has 2 nitrogen and oxygen atoms in total. The van der Waals surface area contributed by atoms with E-state index in [0.29, 0.717) is 5.56 Å². The van der Waals surface area contributed by atoms with E-state index in [1.165, 1.54) is 6.07 Å². The number of rotatable bonds is 2. The molecule has 0 aromatic heterocycles. The molecule has 0 atom stereocenters. The summed E-state index contributed by atoms with van der Waals surface area (Å²) in [5.74, 6) is 4.27. The Bertz CT molecular complexity index is 293. The van der Waals surface area contributed by atoms with E-state index in [9.17, 15) is 4.39 Å². The Balaban J connectivity index is 3.05. The third kappa shape index (κ3) is 2.08. The molecule has 0 aliphatic rings. The number of benzene rings is 1. The van der Waals surface area contributed by atoms with Crippen molar-refractivity contribution in [2.24, 2.45) is 5.90 Å². The van der Waals surface area contributed by atoms with Gasteiger partial charge in [0, 0.05) is 10.6 Å². The summed E-state index contributed by atoms with van der Waals surface area (Å²) in [6.07, 6.45) is 0. The van der Waals surface area contributed by atoms with Gasteiger partial charge in [-0.05, 0) is 12.1 Å². The fraction of sp³-hybridized carbons (Fsp3) is 0.143. The molecule has 0 saturated carbocycles. The summed E-state index contributed by atoms with van der Waals surface area (Å²) in [7, 11) is 0. The van der Waals surface area contributed by atoms with Gasteiger partial charge >= 0.3 is 0 Å². The summed E-state index contributed by atoms with van der Waals surface area (Å²) in [4.78, 5) is 4.34. The van der Waals surface area contributed by atoms with Gasteiger partial charge in [-0.25, -0.2) is 10.3 Å². The predicted molar refractivity (Wildman–Crippen MR) is 45.4 cm³/mol. The molecular weight excluding hydrogens is 204 g/mol. The minimum atomic E-state index is -0.553. The Hall–Kier alpha value is -0.350. The summed E-state index contributed by atoms with van der Waals surface area (Å²) < 4.78 is 12.7. The Morgan fingerprint density at radius 1 is 1.33 bits per heavy atom. The van der Waals surface area contributed by atoms with Crippen molar-refractivity contribution in [2.45, 2.75) is 6.61 Å². The van der Waals surface area contributed by atoms with E-state index in [0.717, 1.165) is 6.07 Å². The van der Waals surface area contributed by atoms with Gasteiger partial charge in [0.15, 0.2) is 0 Å². The topological polar surface area (TPSA) is 35.2 Å². The SMILES string of the molecule is NOCc1cc(Cl)c(F)cc1Cl. The normalized spacial score (nSPS) is 10.3. The van der Waals surface area contributed by atoms with Gasteiger partial charge in [0.2, 0.25) is 0 Å². The van der Waals surface area contributed by atoms with E-state index in [-0.39, 0.29) is 16.7 Å². The minimum absolute atomic E-state index is 0.00597. The van der Waals surface area contributed by atoms with Crippen LogP contribution in [0.5, 0.6) is 0 Å². The molecule has 2 N–H and O–H groups in total. The zero-order chi connectivity index (χ0) is 9.14. The van der Waals surface area contributed by atoms with Crippen LogP contribution in [0.3, 0.4) is 0 Å². The minimum Gasteiger partial charge on any atom is -0.300 e. The first-order chi connectivity index (χ1) is 5.65. The summed E-state index contributed by atoms with van der Waals surface area (Å²) >= 11 is 11.1. The Morgan fingerprint density at radius 3 is 2.58 bits per heavy atom. The molecule has 0 bridgehead atoms. The maximum absolute atomic E-state index is 12.7. The van der Waals surface area contributed by atoms with E-state index >= 15 is 0 Å². The van der Waals surface area contributed by atoms with Crippen molar-refractivity contribution >= 4 is 23.2 Å². The molecule has 0 aliphatic heterocycles. The lowest BCUT2D eigenvalue weighted by Crippen LogP contribution is -1.99. The fourth-order valence-corrected chi connectivity index (χ4v) is 1.16. The fourth-order valence-electron chi connectivity index (χ4n) is 0.764. The highest BCUT2D eigenvalue weighted by atomic mass is 35.5. The van der Waals surface area contributed by atoms with Crippen molar-refractivity contribution in [3.05, 3.63) is 33.6 Å². The Kier molecular flexibility index (Phi) is 3.29. The average Bonchev–Trinajstić information content (AvgIpc) is 2.01. The van der Waals surface area contributed by atoms with Gasteiger partial charge in [-0.1, -0.05) is 23.2 Å². The van der Waals surface area contributed by atoms with Crippen LogP contribution in [-0.4, -0.2) is 0 Å². The first kappa shape index (κ1) is 9.74. The molecule has 0 unspecified atom stereocenters. The molecule has 0 spiro atoms. The third-order valence-electron chi connectivity index (χ3n) is 1.33. The molecule has 0 radical (unpaired) electrons. The quantitative estimate of drug-likeness (QED) is 0.601. The second-order valence-electron chi connectivity index (χ2n) is 2.17. The van der Waals surface area contributed by atoms with Crippen molar-refractivity contribution < 1.29 is 9.23 Å². The number of hydrogen-bond donors (Lipinski definition) is 1. The molecule has 1 aromatic carbocycles. The van der Waals surface area contributed by atoms with Crippen LogP contribution in [0.2, 0.25) is 10.0 Å². The highest BCUT2D eigenvalue weighted by Gasteiger charge is 2.06. The third-order valence-corrected chi connectivity index (χ3v) is 1.97. The summed E-state index contributed by atoms with van der Waals surface area (Å²) in [6.45, 7) is 0.110. The lowest BCUT2D eigenvalue weighted by molar-refractivity contribution is 0.124. The van der Waals surface area contributed by atoms with Gasteiger partial charge in [-0.2, -0.15) is 0 Å². The maximum Gasteiger partial charge on any atom is 0.143 e. The Labute approximate surface area is 79.0 Å². The van der Waals surface area contributed by atoms with Gasteiger partial charge in [0.1, 0.15) is 5.82 Å². The van der Waals surface area contributed by atoms with Crippen LogP contribution in [0.15, 0.2) is 12.1 Å². The summed E-state index contributed by atoms with van der Waals surface area (Å²) in [5, 5.41) is 0.258. The summed E-state index contributed by atoms with van der Waals surface area (Å²) in [6, 6.07) is 2.50. The molecular formula is C7H6Cl2FNO. The standard InChI is InChI=1S/C7H6Cl2FNO/c8-5-2-7(10)6(9)1-4(5)3-12-11/h1-2H,3,11H2. The Morgan fingerprint density at radius 2 is 2.00 bits per heavy atom. The van der Waals surface area contributed by atoms with Crippen LogP contribution in [0.4, 0.5) is 4.39 Å². The van der Waals surface area contributed by atoms with E-state index in [2.05, 4.69) is 4.84 Å². The predicted octanol–water partition coefficient (Wildman–Crippen LogP) is 2.52. The van der Waals surface area contributed by atoms with Crippen LogP contribution in [-0.2, 0) is 11.4 Å². The second-order valence-corrected chi connectivity index (χ2v) is 2.98. The highest BCUT2D eigenvalue weighted by Crippen LogP contribution is 2.24. The second kappa shape index (κ2) is 4.05. The monoisotopic (exact) mass is 209 g/mol. The molecule has 0 fully saturated rings.